The highest BCUT2D eigenvalue weighted by atomic mass is 16.2. The number of piperazine rings is 1. The number of rotatable bonds is 3. The van der Waals surface area contributed by atoms with Gasteiger partial charge in [0.2, 0.25) is 11.8 Å². The first-order valence-electron chi connectivity index (χ1n) is 6.56. The molecule has 5 nitrogen and oxygen atoms in total. The van der Waals surface area contributed by atoms with Crippen LogP contribution in [-0.2, 0) is 9.59 Å². The molecule has 1 saturated heterocycles. The molecule has 5 heteroatoms. The zero-order chi connectivity index (χ0) is 13.8. The molecule has 0 spiro atoms. The van der Waals surface area contributed by atoms with Crippen molar-refractivity contribution in [3.8, 4) is 0 Å². The summed E-state index contributed by atoms with van der Waals surface area (Å²) in [5.74, 6) is -0.0513. The van der Waals surface area contributed by atoms with Crippen LogP contribution in [0, 0.1) is 5.41 Å². The van der Waals surface area contributed by atoms with Gasteiger partial charge in [0, 0.05) is 32.1 Å². The van der Waals surface area contributed by atoms with Gasteiger partial charge < -0.3 is 15.5 Å². The summed E-state index contributed by atoms with van der Waals surface area (Å²) in [5, 5.41) is 5.98. The second-order valence-corrected chi connectivity index (χ2v) is 6.21. The molecule has 0 saturated carbocycles. The van der Waals surface area contributed by atoms with Crippen molar-refractivity contribution in [3.63, 3.8) is 0 Å². The summed E-state index contributed by atoms with van der Waals surface area (Å²) in [6, 6.07) is 0.327. The molecule has 1 fully saturated rings. The molecule has 1 unspecified atom stereocenters. The number of nitrogens with zero attached hydrogens (tertiary/aromatic N) is 1. The van der Waals surface area contributed by atoms with Crippen LogP contribution in [-0.4, -0.2) is 48.9 Å². The quantitative estimate of drug-likeness (QED) is 0.765. The van der Waals surface area contributed by atoms with E-state index >= 15 is 0 Å². The largest absolute Gasteiger partial charge is 0.347 e. The van der Waals surface area contributed by atoms with E-state index < -0.39 is 0 Å². The topological polar surface area (TPSA) is 61.4 Å². The molecule has 0 radical (unpaired) electrons. The van der Waals surface area contributed by atoms with Crippen LogP contribution in [0.1, 0.15) is 34.1 Å². The van der Waals surface area contributed by atoms with Crippen LogP contribution in [0.15, 0.2) is 0 Å². The summed E-state index contributed by atoms with van der Waals surface area (Å²) in [4.78, 5) is 25.3. The lowest BCUT2D eigenvalue weighted by atomic mass is 9.92. The second kappa shape index (κ2) is 6.18. The van der Waals surface area contributed by atoms with E-state index in [0.717, 1.165) is 13.1 Å². The van der Waals surface area contributed by atoms with Gasteiger partial charge in [-0.15, -0.1) is 0 Å². The van der Waals surface area contributed by atoms with Crippen molar-refractivity contribution in [1.29, 1.82) is 0 Å². The number of hydrogen-bond donors (Lipinski definition) is 2. The molecule has 0 aromatic rings. The zero-order valence-electron chi connectivity index (χ0n) is 11.9. The van der Waals surface area contributed by atoms with E-state index in [1.807, 2.05) is 20.8 Å². The molecule has 18 heavy (non-hydrogen) atoms. The molecule has 1 rings (SSSR count). The fourth-order valence-electron chi connectivity index (χ4n) is 1.99. The Morgan fingerprint density at radius 1 is 1.39 bits per heavy atom. The van der Waals surface area contributed by atoms with Crippen LogP contribution < -0.4 is 10.6 Å². The van der Waals surface area contributed by atoms with E-state index in [1.165, 1.54) is 0 Å². The van der Waals surface area contributed by atoms with Gasteiger partial charge in [-0.2, -0.15) is 0 Å². The van der Waals surface area contributed by atoms with Crippen LogP contribution in [0.4, 0.5) is 0 Å². The monoisotopic (exact) mass is 255 g/mol. The SMILES string of the molecule is CC1CN(C(=O)CNC(=O)CC(C)(C)C)CCN1. The van der Waals surface area contributed by atoms with E-state index in [9.17, 15) is 9.59 Å². The fraction of sp³-hybridized carbons (Fsp3) is 0.846. The van der Waals surface area contributed by atoms with Gasteiger partial charge in [-0.25, -0.2) is 0 Å². The van der Waals surface area contributed by atoms with Gasteiger partial charge in [0.15, 0.2) is 0 Å². The maximum atomic E-state index is 11.9. The third-order valence-corrected chi connectivity index (χ3v) is 2.85. The summed E-state index contributed by atoms with van der Waals surface area (Å²) in [7, 11) is 0. The lowest BCUT2D eigenvalue weighted by Gasteiger charge is -2.32. The molecular weight excluding hydrogens is 230 g/mol. The Hall–Kier alpha value is -1.10. The van der Waals surface area contributed by atoms with Crippen LogP contribution in [0.3, 0.4) is 0 Å². The first-order valence-corrected chi connectivity index (χ1v) is 6.56. The molecular formula is C13H25N3O2. The Balaban J connectivity index is 2.30. The van der Waals surface area contributed by atoms with Gasteiger partial charge in [-0.3, -0.25) is 9.59 Å². The third-order valence-electron chi connectivity index (χ3n) is 2.85. The normalized spacial score (nSPS) is 20.7. The van der Waals surface area contributed by atoms with Gasteiger partial charge in [0.05, 0.1) is 6.54 Å². The summed E-state index contributed by atoms with van der Waals surface area (Å²) in [6.45, 7) is 10.4. The molecule has 2 amide bonds. The van der Waals surface area contributed by atoms with Crippen LogP contribution in [0.5, 0.6) is 0 Å². The highest BCUT2D eigenvalue weighted by molar-refractivity contribution is 5.85. The molecule has 1 aliphatic rings. The Kier molecular flexibility index (Phi) is 5.14. The Bertz CT molecular complexity index is 310. The Labute approximate surface area is 109 Å². The van der Waals surface area contributed by atoms with Crippen molar-refractivity contribution >= 4 is 11.8 Å². The van der Waals surface area contributed by atoms with E-state index in [1.54, 1.807) is 4.90 Å². The van der Waals surface area contributed by atoms with Gasteiger partial charge in [0.1, 0.15) is 0 Å². The van der Waals surface area contributed by atoms with Crippen molar-refractivity contribution in [3.05, 3.63) is 0 Å². The molecule has 0 aromatic carbocycles. The van der Waals surface area contributed by atoms with Gasteiger partial charge in [-0.1, -0.05) is 20.8 Å². The van der Waals surface area contributed by atoms with Crippen molar-refractivity contribution in [1.82, 2.24) is 15.5 Å². The Morgan fingerprint density at radius 2 is 2.06 bits per heavy atom. The third kappa shape index (κ3) is 5.49. The number of amides is 2. The number of carbonyl (C=O) groups is 2. The maximum absolute atomic E-state index is 11.9. The lowest BCUT2D eigenvalue weighted by molar-refractivity contribution is -0.134. The number of nitrogens with one attached hydrogen (secondary N) is 2. The summed E-state index contributed by atoms with van der Waals surface area (Å²) in [5.41, 5.74) is -0.0450. The standard InChI is InChI=1S/C13H25N3O2/c1-10-9-16(6-5-14-10)12(18)8-15-11(17)7-13(2,3)4/h10,14H,5-9H2,1-4H3,(H,15,17). The maximum Gasteiger partial charge on any atom is 0.242 e. The van der Waals surface area contributed by atoms with Crippen LogP contribution in [0.2, 0.25) is 0 Å². The second-order valence-electron chi connectivity index (χ2n) is 6.21. The molecule has 1 atom stereocenters. The summed E-state index contributed by atoms with van der Waals surface area (Å²) < 4.78 is 0. The Morgan fingerprint density at radius 3 is 2.61 bits per heavy atom. The zero-order valence-corrected chi connectivity index (χ0v) is 11.9. The first kappa shape index (κ1) is 15.0. The summed E-state index contributed by atoms with van der Waals surface area (Å²) >= 11 is 0. The van der Waals surface area contributed by atoms with Crippen LogP contribution in [0.25, 0.3) is 0 Å². The number of hydrogen-bond acceptors (Lipinski definition) is 3. The predicted molar refractivity (Wildman–Crippen MR) is 71.1 cm³/mol. The van der Waals surface area contributed by atoms with Crippen molar-refractivity contribution in [2.24, 2.45) is 5.41 Å². The highest BCUT2D eigenvalue weighted by Gasteiger charge is 2.21. The molecule has 2 N–H and O–H groups in total. The van der Waals surface area contributed by atoms with Gasteiger partial charge >= 0.3 is 0 Å². The molecule has 104 valence electrons. The molecule has 1 heterocycles. The average molecular weight is 255 g/mol. The molecule has 1 aliphatic heterocycles. The summed E-state index contributed by atoms with van der Waals surface area (Å²) in [6.07, 6.45) is 0.443. The van der Waals surface area contributed by atoms with Crippen molar-refractivity contribution in [2.45, 2.75) is 40.2 Å². The smallest absolute Gasteiger partial charge is 0.242 e. The minimum atomic E-state index is -0.0565. The molecule has 0 aromatic heterocycles. The highest BCUT2D eigenvalue weighted by Crippen LogP contribution is 2.17. The fourth-order valence-corrected chi connectivity index (χ4v) is 1.99. The lowest BCUT2D eigenvalue weighted by Crippen LogP contribution is -2.53. The minimum absolute atomic E-state index is 0.00519. The average Bonchev–Trinajstić information content (AvgIpc) is 2.23. The first-order chi connectivity index (χ1) is 8.28. The minimum Gasteiger partial charge on any atom is -0.347 e. The van der Waals surface area contributed by atoms with E-state index in [2.05, 4.69) is 17.6 Å². The number of carbonyl (C=O) groups excluding carboxylic acids is 2. The van der Waals surface area contributed by atoms with Crippen molar-refractivity contribution < 1.29 is 9.59 Å². The van der Waals surface area contributed by atoms with Gasteiger partial charge in [-0.05, 0) is 12.3 Å². The predicted octanol–water partition coefficient (Wildman–Crippen LogP) is 0.359. The van der Waals surface area contributed by atoms with Crippen LogP contribution >= 0.6 is 0 Å². The molecule has 0 bridgehead atoms. The van der Waals surface area contributed by atoms with E-state index in [0.29, 0.717) is 19.0 Å². The van der Waals surface area contributed by atoms with Gasteiger partial charge in [0.25, 0.3) is 0 Å². The van der Waals surface area contributed by atoms with E-state index in [-0.39, 0.29) is 23.8 Å². The molecule has 0 aliphatic carbocycles. The van der Waals surface area contributed by atoms with E-state index in [4.69, 9.17) is 0 Å². The van der Waals surface area contributed by atoms with Crippen molar-refractivity contribution in [2.75, 3.05) is 26.2 Å².